The molecular formula is C20H20N4O3. The maximum Gasteiger partial charge on any atom is 0.270 e. The van der Waals surface area contributed by atoms with Gasteiger partial charge in [-0.15, -0.1) is 0 Å². The lowest BCUT2D eigenvalue weighted by molar-refractivity contribution is -0.384. The molecule has 3 rings (SSSR count). The highest BCUT2D eigenvalue weighted by Gasteiger charge is 2.24. The van der Waals surface area contributed by atoms with Crippen LogP contribution in [0.15, 0.2) is 42.5 Å². The molecule has 1 aliphatic rings. The lowest BCUT2D eigenvalue weighted by atomic mass is 10.0. The summed E-state index contributed by atoms with van der Waals surface area (Å²) in [6.45, 7) is 3.26. The molecule has 2 aromatic carbocycles. The molecule has 2 aromatic rings. The van der Waals surface area contributed by atoms with Crippen LogP contribution in [-0.2, 0) is 0 Å². The molecule has 1 saturated heterocycles. The minimum absolute atomic E-state index is 0.0666. The molecule has 0 bridgehead atoms. The normalized spacial score (nSPS) is 14.4. The first-order valence-electron chi connectivity index (χ1n) is 8.79. The number of rotatable bonds is 4. The molecule has 138 valence electrons. The molecule has 0 unspecified atom stereocenters. The quantitative estimate of drug-likeness (QED) is 0.663. The molecule has 0 aliphatic carbocycles. The van der Waals surface area contributed by atoms with Gasteiger partial charge in [-0.05, 0) is 37.5 Å². The summed E-state index contributed by atoms with van der Waals surface area (Å²) in [5, 5.41) is 23.3. The second-order valence-corrected chi connectivity index (χ2v) is 6.62. The van der Waals surface area contributed by atoms with Crippen LogP contribution in [0.5, 0.6) is 0 Å². The number of nitrogens with one attached hydrogen (secondary N) is 1. The highest BCUT2D eigenvalue weighted by molar-refractivity contribution is 5.95. The summed E-state index contributed by atoms with van der Waals surface area (Å²) < 4.78 is 0. The third kappa shape index (κ3) is 4.06. The summed E-state index contributed by atoms with van der Waals surface area (Å²) in [6, 6.07) is 13.9. The van der Waals surface area contributed by atoms with Crippen LogP contribution in [-0.4, -0.2) is 30.0 Å². The Morgan fingerprint density at radius 2 is 1.96 bits per heavy atom. The fourth-order valence-corrected chi connectivity index (χ4v) is 3.36. The molecule has 0 spiro atoms. The summed E-state index contributed by atoms with van der Waals surface area (Å²) in [7, 11) is 0. The number of carbonyl (C=O) groups is 1. The van der Waals surface area contributed by atoms with E-state index in [1.165, 1.54) is 12.1 Å². The molecule has 1 aliphatic heterocycles. The molecule has 0 saturated carbocycles. The Bertz CT molecular complexity index is 912. The zero-order valence-electron chi connectivity index (χ0n) is 15.0. The Kier molecular flexibility index (Phi) is 5.36. The first-order valence-corrected chi connectivity index (χ1v) is 8.79. The smallest absolute Gasteiger partial charge is 0.270 e. The van der Waals surface area contributed by atoms with E-state index in [1.54, 1.807) is 6.07 Å². The van der Waals surface area contributed by atoms with Gasteiger partial charge in [0.25, 0.3) is 11.6 Å². The summed E-state index contributed by atoms with van der Waals surface area (Å²) >= 11 is 0. The van der Waals surface area contributed by atoms with Crippen molar-refractivity contribution < 1.29 is 9.72 Å². The average Bonchev–Trinajstić information content (AvgIpc) is 2.68. The van der Waals surface area contributed by atoms with Gasteiger partial charge in [-0.2, -0.15) is 5.26 Å². The fourth-order valence-electron chi connectivity index (χ4n) is 3.36. The highest BCUT2D eigenvalue weighted by atomic mass is 16.6. The molecule has 1 N–H and O–H groups in total. The number of non-ortho nitro benzene ring substituents is 1. The molecule has 1 fully saturated rings. The van der Waals surface area contributed by atoms with Crippen LogP contribution in [0, 0.1) is 28.4 Å². The number of hydrogen-bond donors (Lipinski definition) is 1. The number of benzene rings is 2. The van der Waals surface area contributed by atoms with Gasteiger partial charge in [-0.1, -0.05) is 18.2 Å². The Morgan fingerprint density at radius 1 is 1.26 bits per heavy atom. The van der Waals surface area contributed by atoms with E-state index in [0.717, 1.165) is 18.4 Å². The third-order valence-electron chi connectivity index (χ3n) is 4.87. The molecule has 7 nitrogen and oxygen atoms in total. The summed E-state index contributed by atoms with van der Waals surface area (Å²) in [5.74, 6) is -0.0698. The molecule has 7 heteroatoms. The van der Waals surface area contributed by atoms with Crippen molar-refractivity contribution in [3.8, 4) is 6.07 Å². The van der Waals surface area contributed by atoms with Crippen LogP contribution in [0.1, 0.15) is 34.3 Å². The Hall–Kier alpha value is -3.40. The lowest BCUT2D eigenvalue weighted by Crippen LogP contribution is -2.45. The average molecular weight is 364 g/mol. The number of hydrogen-bond acceptors (Lipinski definition) is 5. The van der Waals surface area contributed by atoms with E-state index in [1.807, 2.05) is 42.2 Å². The van der Waals surface area contributed by atoms with Crippen molar-refractivity contribution in [1.29, 1.82) is 5.26 Å². The fraction of sp³-hybridized carbons (Fsp3) is 0.300. The number of aryl methyl sites for hydroxylation is 1. The summed E-state index contributed by atoms with van der Waals surface area (Å²) in [4.78, 5) is 24.9. The van der Waals surface area contributed by atoms with Gasteiger partial charge in [0.05, 0.1) is 16.2 Å². The molecule has 0 radical (unpaired) electrons. The van der Waals surface area contributed by atoms with E-state index < -0.39 is 4.92 Å². The van der Waals surface area contributed by atoms with Crippen molar-refractivity contribution in [3.05, 3.63) is 69.3 Å². The standard InChI is InChI=1S/C20H20N4O3/c1-14-4-2-3-5-18(14)20(25)22-16-8-10-23(11-9-16)19-7-6-17(24(26)27)12-15(19)13-21/h2-7,12,16H,8-11H2,1H3,(H,22,25). The van der Waals surface area contributed by atoms with Crippen molar-refractivity contribution >= 4 is 17.3 Å². The molecule has 27 heavy (non-hydrogen) atoms. The molecule has 1 amide bonds. The second kappa shape index (κ2) is 7.87. The van der Waals surface area contributed by atoms with Crippen LogP contribution >= 0.6 is 0 Å². The van der Waals surface area contributed by atoms with E-state index in [2.05, 4.69) is 5.32 Å². The number of nitro benzene ring substituents is 1. The van der Waals surface area contributed by atoms with Gasteiger partial charge < -0.3 is 10.2 Å². The van der Waals surface area contributed by atoms with E-state index >= 15 is 0 Å². The molecule has 0 atom stereocenters. The van der Waals surface area contributed by atoms with E-state index in [9.17, 15) is 20.2 Å². The van der Waals surface area contributed by atoms with Crippen LogP contribution in [0.25, 0.3) is 0 Å². The monoisotopic (exact) mass is 364 g/mol. The van der Waals surface area contributed by atoms with Crippen molar-refractivity contribution in [3.63, 3.8) is 0 Å². The number of nitrogens with zero attached hydrogens (tertiary/aromatic N) is 3. The lowest BCUT2D eigenvalue weighted by Gasteiger charge is -2.34. The van der Waals surface area contributed by atoms with Crippen molar-refractivity contribution in [2.75, 3.05) is 18.0 Å². The van der Waals surface area contributed by atoms with Crippen molar-refractivity contribution in [2.24, 2.45) is 0 Å². The van der Waals surface area contributed by atoms with Crippen LogP contribution < -0.4 is 10.2 Å². The first-order chi connectivity index (χ1) is 13.0. The molecule has 0 aromatic heterocycles. The second-order valence-electron chi connectivity index (χ2n) is 6.62. The van der Waals surface area contributed by atoms with Gasteiger partial charge in [0.1, 0.15) is 6.07 Å². The topological polar surface area (TPSA) is 99.3 Å². The Labute approximate surface area is 157 Å². The Balaban J connectivity index is 1.64. The van der Waals surface area contributed by atoms with Crippen LogP contribution in [0.4, 0.5) is 11.4 Å². The number of nitro groups is 1. The maximum absolute atomic E-state index is 12.5. The number of piperidine rings is 1. The maximum atomic E-state index is 12.5. The summed E-state index contributed by atoms with van der Waals surface area (Å²) in [6.07, 6.45) is 1.50. The van der Waals surface area contributed by atoms with Gasteiger partial charge in [0.2, 0.25) is 0 Å². The molecule has 1 heterocycles. The van der Waals surface area contributed by atoms with E-state index in [-0.39, 0.29) is 17.6 Å². The number of amides is 1. The predicted octanol–water partition coefficient (Wildman–Crippen LogP) is 3.17. The zero-order valence-corrected chi connectivity index (χ0v) is 15.0. The van der Waals surface area contributed by atoms with E-state index in [4.69, 9.17) is 0 Å². The Morgan fingerprint density at radius 3 is 2.59 bits per heavy atom. The van der Waals surface area contributed by atoms with Gasteiger partial charge >= 0.3 is 0 Å². The predicted molar refractivity (Wildman–Crippen MR) is 102 cm³/mol. The van der Waals surface area contributed by atoms with Gasteiger partial charge in [-0.3, -0.25) is 14.9 Å². The van der Waals surface area contributed by atoms with E-state index in [0.29, 0.717) is 29.9 Å². The highest BCUT2D eigenvalue weighted by Crippen LogP contribution is 2.27. The first kappa shape index (κ1) is 18.4. The van der Waals surface area contributed by atoms with Crippen molar-refractivity contribution in [1.82, 2.24) is 5.32 Å². The minimum Gasteiger partial charge on any atom is -0.370 e. The minimum atomic E-state index is -0.502. The van der Waals surface area contributed by atoms with Gasteiger partial charge in [0, 0.05) is 36.8 Å². The number of anilines is 1. The van der Waals surface area contributed by atoms with Gasteiger partial charge in [0.15, 0.2) is 0 Å². The van der Waals surface area contributed by atoms with Crippen LogP contribution in [0.2, 0.25) is 0 Å². The van der Waals surface area contributed by atoms with Crippen molar-refractivity contribution in [2.45, 2.75) is 25.8 Å². The van der Waals surface area contributed by atoms with Gasteiger partial charge in [-0.25, -0.2) is 0 Å². The largest absolute Gasteiger partial charge is 0.370 e. The number of carbonyl (C=O) groups excluding carboxylic acids is 1. The third-order valence-corrected chi connectivity index (χ3v) is 4.87. The molecular weight excluding hydrogens is 344 g/mol. The summed E-state index contributed by atoms with van der Waals surface area (Å²) in [5.41, 5.74) is 2.54. The SMILES string of the molecule is Cc1ccccc1C(=O)NC1CCN(c2ccc([N+](=O)[O-])cc2C#N)CC1. The zero-order chi connectivity index (χ0) is 19.4. The number of nitriles is 1. The van der Waals surface area contributed by atoms with Crippen LogP contribution in [0.3, 0.4) is 0 Å².